The van der Waals surface area contributed by atoms with Crippen molar-refractivity contribution in [3.05, 3.63) is 18.0 Å². The van der Waals surface area contributed by atoms with Gasteiger partial charge < -0.3 is 10.6 Å². The summed E-state index contributed by atoms with van der Waals surface area (Å²) in [6.07, 6.45) is 4.01. The van der Waals surface area contributed by atoms with Gasteiger partial charge in [-0.3, -0.25) is 14.3 Å². The summed E-state index contributed by atoms with van der Waals surface area (Å²) in [5.41, 5.74) is 5.39. The number of hydrogen-bond donors (Lipinski definition) is 1. The number of carbonyl (C=O) groups excluding carboxylic acids is 2. The fraction of sp³-hybridized carbons (Fsp3) is 0.643. The largest absolute Gasteiger partial charge is 0.369 e. The van der Waals surface area contributed by atoms with Gasteiger partial charge >= 0.3 is 0 Å². The number of carbonyl (C=O) groups is 2. The summed E-state index contributed by atoms with van der Waals surface area (Å²) in [5, 5.41) is 4.23. The van der Waals surface area contributed by atoms with Crippen LogP contribution in [0.2, 0.25) is 0 Å². The van der Waals surface area contributed by atoms with Crippen LogP contribution in [-0.4, -0.2) is 39.6 Å². The zero-order valence-corrected chi connectivity index (χ0v) is 12.1. The van der Waals surface area contributed by atoms with Crippen LogP contribution < -0.4 is 5.73 Å². The molecule has 0 aromatic carbocycles. The van der Waals surface area contributed by atoms with Crippen molar-refractivity contribution in [2.45, 2.75) is 39.7 Å². The maximum absolute atomic E-state index is 12.5. The van der Waals surface area contributed by atoms with E-state index in [-0.39, 0.29) is 11.8 Å². The molecular formula is C14H22N4O2. The Kier molecular flexibility index (Phi) is 4.11. The van der Waals surface area contributed by atoms with Crippen LogP contribution in [0.1, 0.15) is 43.6 Å². The molecule has 2 N–H and O–H groups in total. The SMILES string of the molecule is CCn1ccc(C(=O)N2CCCC(CC)(C(N)=O)C2)n1. The summed E-state index contributed by atoms with van der Waals surface area (Å²) in [7, 11) is 0. The first kappa shape index (κ1) is 14.6. The van der Waals surface area contributed by atoms with Crippen LogP contribution in [0, 0.1) is 5.41 Å². The lowest BCUT2D eigenvalue weighted by molar-refractivity contribution is -0.130. The molecule has 1 aliphatic heterocycles. The van der Waals surface area contributed by atoms with Crippen molar-refractivity contribution in [1.82, 2.24) is 14.7 Å². The number of nitrogens with zero attached hydrogens (tertiary/aromatic N) is 3. The summed E-state index contributed by atoms with van der Waals surface area (Å²) in [4.78, 5) is 25.9. The maximum Gasteiger partial charge on any atom is 0.274 e. The van der Waals surface area contributed by atoms with E-state index in [0.717, 1.165) is 19.4 Å². The lowest BCUT2D eigenvalue weighted by Gasteiger charge is -2.39. The van der Waals surface area contributed by atoms with E-state index in [2.05, 4.69) is 5.10 Å². The van der Waals surface area contributed by atoms with Crippen molar-refractivity contribution in [2.75, 3.05) is 13.1 Å². The number of nitrogens with two attached hydrogens (primary N) is 1. The molecule has 0 radical (unpaired) electrons. The van der Waals surface area contributed by atoms with Crippen LogP contribution in [0.25, 0.3) is 0 Å². The van der Waals surface area contributed by atoms with E-state index in [0.29, 0.717) is 25.2 Å². The Hall–Kier alpha value is -1.85. The van der Waals surface area contributed by atoms with Gasteiger partial charge in [0.1, 0.15) is 5.69 Å². The molecule has 1 aromatic rings. The number of amides is 2. The number of primary amides is 1. The molecule has 1 unspecified atom stereocenters. The number of likely N-dealkylation sites (tertiary alicyclic amines) is 1. The van der Waals surface area contributed by atoms with Gasteiger partial charge in [0.05, 0.1) is 5.41 Å². The topological polar surface area (TPSA) is 81.2 Å². The number of rotatable bonds is 4. The van der Waals surface area contributed by atoms with Crippen molar-refractivity contribution in [3.8, 4) is 0 Å². The van der Waals surface area contributed by atoms with E-state index in [1.807, 2.05) is 13.8 Å². The highest BCUT2D eigenvalue weighted by atomic mass is 16.2. The molecule has 2 heterocycles. The Morgan fingerprint density at radius 1 is 1.45 bits per heavy atom. The average Bonchev–Trinajstić information content (AvgIpc) is 2.95. The molecule has 6 heteroatoms. The fourth-order valence-corrected chi connectivity index (χ4v) is 2.78. The fourth-order valence-electron chi connectivity index (χ4n) is 2.78. The Bertz CT molecular complexity index is 511. The van der Waals surface area contributed by atoms with E-state index >= 15 is 0 Å². The average molecular weight is 278 g/mol. The van der Waals surface area contributed by atoms with Gasteiger partial charge in [0.2, 0.25) is 5.91 Å². The van der Waals surface area contributed by atoms with E-state index in [1.165, 1.54) is 0 Å². The lowest BCUT2D eigenvalue weighted by Crippen LogP contribution is -2.52. The second kappa shape index (κ2) is 5.64. The molecule has 2 amide bonds. The summed E-state index contributed by atoms with van der Waals surface area (Å²) < 4.78 is 1.72. The highest BCUT2D eigenvalue weighted by Crippen LogP contribution is 2.33. The smallest absolute Gasteiger partial charge is 0.274 e. The monoisotopic (exact) mass is 278 g/mol. The van der Waals surface area contributed by atoms with E-state index in [4.69, 9.17) is 5.73 Å². The first-order valence-corrected chi connectivity index (χ1v) is 7.15. The minimum atomic E-state index is -0.582. The highest BCUT2D eigenvalue weighted by Gasteiger charge is 2.40. The summed E-state index contributed by atoms with van der Waals surface area (Å²) in [6, 6.07) is 1.72. The third kappa shape index (κ3) is 2.55. The predicted molar refractivity (Wildman–Crippen MR) is 75.0 cm³/mol. The molecule has 0 aliphatic carbocycles. The molecule has 1 fully saturated rings. The van der Waals surface area contributed by atoms with Crippen molar-refractivity contribution >= 4 is 11.8 Å². The molecule has 1 saturated heterocycles. The Balaban J connectivity index is 2.16. The van der Waals surface area contributed by atoms with Crippen molar-refractivity contribution in [3.63, 3.8) is 0 Å². The van der Waals surface area contributed by atoms with Gasteiger partial charge in [-0.05, 0) is 32.3 Å². The van der Waals surface area contributed by atoms with Crippen LogP contribution in [0.5, 0.6) is 0 Å². The van der Waals surface area contributed by atoms with Crippen LogP contribution in [0.4, 0.5) is 0 Å². The minimum absolute atomic E-state index is 0.115. The Morgan fingerprint density at radius 2 is 2.20 bits per heavy atom. The molecule has 0 spiro atoms. The molecule has 6 nitrogen and oxygen atoms in total. The second-order valence-corrected chi connectivity index (χ2v) is 5.39. The molecule has 0 saturated carbocycles. The van der Waals surface area contributed by atoms with E-state index < -0.39 is 5.41 Å². The molecule has 1 aromatic heterocycles. The van der Waals surface area contributed by atoms with Gasteiger partial charge in [-0.1, -0.05) is 6.92 Å². The maximum atomic E-state index is 12.5. The predicted octanol–water partition coefficient (Wildman–Crippen LogP) is 1.02. The Morgan fingerprint density at radius 3 is 2.75 bits per heavy atom. The molecular weight excluding hydrogens is 256 g/mol. The first-order valence-electron chi connectivity index (χ1n) is 7.15. The zero-order chi connectivity index (χ0) is 14.8. The van der Waals surface area contributed by atoms with Gasteiger partial charge in [0.25, 0.3) is 5.91 Å². The summed E-state index contributed by atoms with van der Waals surface area (Å²) >= 11 is 0. The normalized spacial score (nSPS) is 22.8. The van der Waals surface area contributed by atoms with Gasteiger partial charge in [-0.2, -0.15) is 5.10 Å². The highest BCUT2D eigenvalue weighted by molar-refractivity contribution is 5.93. The zero-order valence-electron chi connectivity index (χ0n) is 12.1. The van der Waals surface area contributed by atoms with Gasteiger partial charge in [0.15, 0.2) is 0 Å². The number of aryl methyl sites for hydroxylation is 1. The molecule has 20 heavy (non-hydrogen) atoms. The van der Waals surface area contributed by atoms with Crippen molar-refractivity contribution in [2.24, 2.45) is 11.1 Å². The third-order valence-electron chi connectivity index (χ3n) is 4.25. The van der Waals surface area contributed by atoms with Crippen LogP contribution in [-0.2, 0) is 11.3 Å². The number of hydrogen-bond acceptors (Lipinski definition) is 3. The van der Waals surface area contributed by atoms with Crippen LogP contribution in [0.3, 0.4) is 0 Å². The van der Waals surface area contributed by atoms with E-state index in [1.54, 1.807) is 21.8 Å². The molecule has 1 aliphatic rings. The minimum Gasteiger partial charge on any atom is -0.369 e. The lowest BCUT2D eigenvalue weighted by atomic mass is 9.77. The van der Waals surface area contributed by atoms with Crippen LogP contribution >= 0.6 is 0 Å². The van der Waals surface area contributed by atoms with Gasteiger partial charge in [0, 0.05) is 25.8 Å². The second-order valence-electron chi connectivity index (χ2n) is 5.39. The Labute approximate surface area is 118 Å². The van der Waals surface area contributed by atoms with Gasteiger partial charge in [-0.25, -0.2) is 0 Å². The molecule has 0 bridgehead atoms. The number of aromatic nitrogens is 2. The van der Waals surface area contributed by atoms with Crippen molar-refractivity contribution < 1.29 is 9.59 Å². The molecule has 110 valence electrons. The molecule has 2 rings (SSSR count). The first-order chi connectivity index (χ1) is 9.52. The van der Waals surface area contributed by atoms with Gasteiger partial charge in [-0.15, -0.1) is 0 Å². The van der Waals surface area contributed by atoms with Crippen LogP contribution in [0.15, 0.2) is 12.3 Å². The van der Waals surface area contributed by atoms with E-state index in [9.17, 15) is 9.59 Å². The summed E-state index contributed by atoms with van der Waals surface area (Å²) in [6.45, 7) is 5.71. The quantitative estimate of drug-likeness (QED) is 0.892. The standard InChI is InChI=1S/C14H22N4O2/c1-3-14(13(15)20)7-5-8-17(10-14)12(19)11-6-9-18(4-2)16-11/h6,9H,3-5,7-8,10H2,1-2H3,(H2,15,20). The third-order valence-corrected chi connectivity index (χ3v) is 4.25. The van der Waals surface area contributed by atoms with Crippen molar-refractivity contribution in [1.29, 1.82) is 0 Å². The number of piperidine rings is 1. The molecule has 1 atom stereocenters. The summed E-state index contributed by atoms with van der Waals surface area (Å²) in [5.74, 6) is -0.424.